The number of aryl methyl sites for hydroxylation is 1. The summed E-state index contributed by atoms with van der Waals surface area (Å²) < 4.78 is 0. The van der Waals surface area contributed by atoms with E-state index in [0.29, 0.717) is 11.9 Å². The third-order valence-corrected chi connectivity index (χ3v) is 3.85. The fourth-order valence-electron chi connectivity index (χ4n) is 2.61. The molecule has 112 valence electrons. The summed E-state index contributed by atoms with van der Waals surface area (Å²) in [6, 6.07) is 13.0. The highest BCUT2D eigenvalue weighted by Gasteiger charge is 2.12. The lowest BCUT2D eigenvalue weighted by molar-refractivity contribution is 0.499. The first-order valence-corrected chi connectivity index (χ1v) is 7.70. The Kier molecular flexibility index (Phi) is 5.76. The molecule has 2 aromatic rings. The van der Waals surface area contributed by atoms with Crippen molar-refractivity contribution < 1.29 is 0 Å². The number of nitrogens with zero attached hydrogens (tertiary/aromatic N) is 1. The predicted molar refractivity (Wildman–Crippen MR) is 89.2 cm³/mol. The van der Waals surface area contributed by atoms with Gasteiger partial charge in [-0.3, -0.25) is 0 Å². The second-order valence-corrected chi connectivity index (χ2v) is 5.45. The number of hydrogen-bond donors (Lipinski definition) is 2. The molecule has 21 heavy (non-hydrogen) atoms. The van der Waals surface area contributed by atoms with Gasteiger partial charge in [-0.15, -0.1) is 0 Å². The van der Waals surface area contributed by atoms with Gasteiger partial charge in [0.25, 0.3) is 0 Å². The number of pyridine rings is 1. The molecule has 0 bridgehead atoms. The van der Waals surface area contributed by atoms with E-state index in [-0.39, 0.29) is 0 Å². The number of nitrogens with two attached hydrogens (primary N) is 1. The van der Waals surface area contributed by atoms with Crippen LogP contribution in [0.5, 0.6) is 0 Å². The zero-order valence-corrected chi connectivity index (χ0v) is 13.0. The highest BCUT2D eigenvalue weighted by atomic mass is 14.9. The fourth-order valence-corrected chi connectivity index (χ4v) is 2.61. The molecule has 1 aromatic carbocycles. The Labute approximate surface area is 127 Å². The first-order chi connectivity index (χ1) is 10.2. The van der Waals surface area contributed by atoms with Crippen LogP contribution in [0.4, 0.5) is 5.82 Å². The fraction of sp³-hybridized carbons (Fsp3) is 0.389. The molecule has 3 heteroatoms. The van der Waals surface area contributed by atoms with Gasteiger partial charge >= 0.3 is 0 Å². The van der Waals surface area contributed by atoms with Crippen LogP contribution in [0, 0.1) is 6.92 Å². The van der Waals surface area contributed by atoms with Crippen molar-refractivity contribution in [3.63, 3.8) is 0 Å². The molecule has 0 aliphatic carbocycles. The summed E-state index contributed by atoms with van der Waals surface area (Å²) in [6.45, 7) is 5.32. The van der Waals surface area contributed by atoms with E-state index in [0.717, 1.165) is 25.8 Å². The molecule has 0 fully saturated rings. The lowest BCUT2D eigenvalue weighted by atomic mass is 9.97. The molecule has 3 N–H and O–H groups in total. The van der Waals surface area contributed by atoms with Crippen LogP contribution in [0.15, 0.2) is 42.6 Å². The maximum absolute atomic E-state index is 6.01. The smallest absolute Gasteiger partial charge is 0.126 e. The molecular weight excluding hydrogens is 258 g/mol. The van der Waals surface area contributed by atoms with Crippen LogP contribution >= 0.6 is 0 Å². The molecule has 0 spiro atoms. The standard InChI is InChI=1S/C18H25N3/c1-3-12-20-17(15-7-5-4-6-8-15)10-9-16-14(2)11-13-21-18(16)19/h4-8,11,13,17,20H,3,9-10,12H2,1-2H3,(H2,19,21). The lowest BCUT2D eigenvalue weighted by Gasteiger charge is -2.20. The van der Waals surface area contributed by atoms with Crippen molar-refractivity contribution in [3.05, 3.63) is 59.3 Å². The van der Waals surface area contributed by atoms with Crippen LogP contribution in [0.1, 0.15) is 42.5 Å². The summed E-state index contributed by atoms with van der Waals surface area (Å²) >= 11 is 0. The van der Waals surface area contributed by atoms with Crippen LogP contribution in [0.3, 0.4) is 0 Å². The number of benzene rings is 1. The quantitative estimate of drug-likeness (QED) is 0.815. The number of aromatic nitrogens is 1. The molecule has 0 amide bonds. The molecule has 0 saturated carbocycles. The van der Waals surface area contributed by atoms with E-state index < -0.39 is 0 Å². The zero-order valence-electron chi connectivity index (χ0n) is 13.0. The zero-order chi connectivity index (χ0) is 15.1. The molecule has 0 radical (unpaired) electrons. The predicted octanol–water partition coefficient (Wildman–Crippen LogP) is 3.65. The van der Waals surface area contributed by atoms with Gasteiger partial charge in [-0.05, 0) is 55.5 Å². The van der Waals surface area contributed by atoms with Gasteiger partial charge < -0.3 is 11.1 Å². The van der Waals surface area contributed by atoms with E-state index in [4.69, 9.17) is 5.73 Å². The van der Waals surface area contributed by atoms with Gasteiger partial charge in [-0.25, -0.2) is 4.98 Å². The van der Waals surface area contributed by atoms with Crippen molar-refractivity contribution in [2.75, 3.05) is 12.3 Å². The molecule has 3 nitrogen and oxygen atoms in total. The Bertz CT molecular complexity index is 531. The molecule has 2 rings (SSSR count). The van der Waals surface area contributed by atoms with E-state index in [2.05, 4.69) is 54.5 Å². The Hall–Kier alpha value is -1.87. The van der Waals surface area contributed by atoms with Gasteiger partial charge in [0.05, 0.1) is 0 Å². The van der Waals surface area contributed by atoms with E-state index in [1.807, 2.05) is 6.07 Å². The molecular formula is C18H25N3. The molecule has 1 heterocycles. The minimum atomic E-state index is 0.366. The van der Waals surface area contributed by atoms with Crippen LogP contribution in [0.25, 0.3) is 0 Å². The van der Waals surface area contributed by atoms with Crippen molar-refractivity contribution >= 4 is 5.82 Å². The average molecular weight is 283 g/mol. The third kappa shape index (κ3) is 4.30. The first-order valence-electron chi connectivity index (χ1n) is 7.70. The van der Waals surface area contributed by atoms with E-state index in [1.54, 1.807) is 6.20 Å². The Morgan fingerprint density at radius 1 is 1.19 bits per heavy atom. The number of anilines is 1. The number of rotatable bonds is 7. The summed E-state index contributed by atoms with van der Waals surface area (Å²) in [4.78, 5) is 4.21. The van der Waals surface area contributed by atoms with Gasteiger partial charge in [0.1, 0.15) is 5.82 Å². The Morgan fingerprint density at radius 2 is 1.95 bits per heavy atom. The summed E-state index contributed by atoms with van der Waals surface area (Å²) in [6.07, 6.45) is 4.89. The van der Waals surface area contributed by atoms with Crippen LogP contribution in [-0.2, 0) is 6.42 Å². The minimum absolute atomic E-state index is 0.366. The molecule has 0 saturated heterocycles. The summed E-state index contributed by atoms with van der Waals surface area (Å²) in [5, 5.41) is 3.63. The van der Waals surface area contributed by atoms with Gasteiger partial charge in [-0.1, -0.05) is 37.3 Å². The largest absolute Gasteiger partial charge is 0.383 e. The van der Waals surface area contributed by atoms with Gasteiger partial charge in [0.2, 0.25) is 0 Å². The Balaban J connectivity index is 2.09. The molecule has 1 aromatic heterocycles. The van der Waals surface area contributed by atoms with Gasteiger partial charge in [-0.2, -0.15) is 0 Å². The molecule has 0 aliphatic rings. The minimum Gasteiger partial charge on any atom is -0.383 e. The summed E-state index contributed by atoms with van der Waals surface area (Å²) in [5.41, 5.74) is 9.76. The SMILES string of the molecule is CCCNC(CCc1c(C)ccnc1N)c1ccccc1. The Morgan fingerprint density at radius 3 is 2.62 bits per heavy atom. The van der Waals surface area contributed by atoms with Crippen molar-refractivity contribution in [1.29, 1.82) is 0 Å². The normalized spacial score (nSPS) is 12.3. The monoisotopic (exact) mass is 283 g/mol. The first kappa shape index (κ1) is 15.5. The highest BCUT2D eigenvalue weighted by Crippen LogP contribution is 2.22. The van der Waals surface area contributed by atoms with Crippen LogP contribution < -0.4 is 11.1 Å². The van der Waals surface area contributed by atoms with Gasteiger partial charge in [0.15, 0.2) is 0 Å². The molecule has 1 unspecified atom stereocenters. The number of nitrogen functional groups attached to an aromatic ring is 1. The maximum atomic E-state index is 6.01. The van der Waals surface area contributed by atoms with E-state index >= 15 is 0 Å². The van der Waals surface area contributed by atoms with Crippen molar-refractivity contribution in [3.8, 4) is 0 Å². The van der Waals surface area contributed by atoms with Gasteiger partial charge in [0, 0.05) is 12.2 Å². The number of hydrogen-bond acceptors (Lipinski definition) is 3. The third-order valence-electron chi connectivity index (χ3n) is 3.85. The second-order valence-electron chi connectivity index (χ2n) is 5.45. The van der Waals surface area contributed by atoms with E-state index in [1.165, 1.54) is 16.7 Å². The molecule has 1 atom stereocenters. The van der Waals surface area contributed by atoms with Crippen LogP contribution in [-0.4, -0.2) is 11.5 Å². The highest BCUT2D eigenvalue weighted by molar-refractivity contribution is 5.43. The summed E-state index contributed by atoms with van der Waals surface area (Å²) in [7, 11) is 0. The summed E-state index contributed by atoms with van der Waals surface area (Å²) in [5.74, 6) is 0.664. The second kappa shape index (κ2) is 7.79. The van der Waals surface area contributed by atoms with Crippen molar-refractivity contribution in [1.82, 2.24) is 10.3 Å². The van der Waals surface area contributed by atoms with E-state index in [9.17, 15) is 0 Å². The topological polar surface area (TPSA) is 50.9 Å². The van der Waals surface area contributed by atoms with Crippen LogP contribution in [0.2, 0.25) is 0 Å². The van der Waals surface area contributed by atoms with Crippen molar-refractivity contribution in [2.45, 2.75) is 39.2 Å². The van der Waals surface area contributed by atoms with Crippen molar-refractivity contribution in [2.24, 2.45) is 0 Å². The average Bonchev–Trinajstić information content (AvgIpc) is 2.50. The lowest BCUT2D eigenvalue weighted by Crippen LogP contribution is -2.23. The maximum Gasteiger partial charge on any atom is 0.126 e. The molecule has 0 aliphatic heterocycles. The number of nitrogens with one attached hydrogen (secondary N) is 1.